The SMILES string of the molecule is CCC(CC)C(=O)/C=C(\O)C(CC)CC.Cc1ccc2c(C[Si](C)(C)C)cc(-c3nccc4c3sc3c(C)c(CC(C)(C)C)ccc34)[c-]c2c1.[Ir]. The van der Waals surface area contributed by atoms with Gasteiger partial charge in [0.2, 0.25) is 0 Å². The van der Waals surface area contributed by atoms with Crippen molar-refractivity contribution in [2.45, 2.75) is 120 Å². The predicted molar refractivity (Wildman–Crippen MR) is 222 cm³/mol. The molecule has 2 heterocycles. The first kappa shape index (κ1) is 42.8. The van der Waals surface area contributed by atoms with E-state index in [0.29, 0.717) is 0 Å². The number of thiophene rings is 1. The molecular formula is C45H60IrNO2SSi-. The Kier molecular flexibility index (Phi) is 15.0. The van der Waals surface area contributed by atoms with Gasteiger partial charge in [0, 0.05) is 72.8 Å². The third-order valence-corrected chi connectivity index (χ3v) is 12.6. The number of benzene rings is 3. The molecule has 0 aliphatic heterocycles. The van der Waals surface area contributed by atoms with Crippen LogP contribution < -0.4 is 0 Å². The number of rotatable bonds is 11. The second-order valence-corrected chi connectivity index (χ2v) is 23.1. The van der Waals surface area contributed by atoms with E-state index in [1.165, 1.54) is 59.3 Å². The number of aryl methyl sites for hydroxylation is 2. The van der Waals surface area contributed by atoms with Crippen molar-refractivity contribution < 1.29 is 30.0 Å². The Morgan fingerprint density at radius 3 is 2.06 bits per heavy atom. The topological polar surface area (TPSA) is 50.2 Å². The Morgan fingerprint density at radius 2 is 1.47 bits per heavy atom. The number of carbonyl (C=O) groups excluding carboxylic acids is 1. The Morgan fingerprint density at radius 1 is 0.863 bits per heavy atom. The quantitative estimate of drug-likeness (QED) is 0.0622. The number of aliphatic hydroxyl groups is 1. The number of fused-ring (bicyclic) bond motifs is 4. The van der Waals surface area contributed by atoms with Gasteiger partial charge in [-0.25, -0.2) is 0 Å². The molecular weight excluding hydrogens is 839 g/mol. The average molecular weight is 899 g/mol. The van der Waals surface area contributed by atoms with Gasteiger partial charge in [0.15, 0.2) is 5.78 Å². The molecule has 5 aromatic rings. The van der Waals surface area contributed by atoms with Crippen LogP contribution in [0.4, 0.5) is 0 Å². The summed E-state index contributed by atoms with van der Waals surface area (Å²) in [6, 6.07) is 20.9. The molecule has 3 aromatic carbocycles. The summed E-state index contributed by atoms with van der Waals surface area (Å²) in [4.78, 5) is 16.7. The van der Waals surface area contributed by atoms with Gasteiger partial charge in [-0.2, -0.15) is 0 Å². The van der Waals surface area contributed by atoms with Gasteiger partial charge in [0.05, 0.1) is 5.76 Å². The molecule has 6 heteroatoms. The number of hydrogen-bond acceptors (Lipinski definition) is 4. The van der Waals surface area contributed by atoms with Gasteiger partial charge in [0.25, 0.3) is 0 Å². The largest absolute Gasteiger partial charge is 0.512 e. The van der Waals surface area contributed by atoms with E-state index >= 15 is 0 Å². The molecule has 0 saturated heterocycles. The van der Waals surface area contributed by atoms with E-state index in [-0.39, 0.29) is 48.9 Å². The van der Waals surface area contributed by atoms with Crippen LogP contribution in [-0.4, -0.2) is 23.9 Å². The van der Waals surface area contributed by atoms with Crippen molar-refractivity contribution >= 4 is 56.1 Å². The Bertz CT molecular complexity index is 1990. The number of aromatic nitrogens is 1. The van der Waals surface area contributed by atoms with Crippen LogP contribution in [0.2, 0.25) is 19.6 Å². The van der Waals surface area contributed by atoms with Gasteiger partial charge in [-0.1, -0.05) is 109 Å². The minimum absolute atomic E-state index is 0. The molecule has 5 rings (SSSR count). The van der Waals surface area contributed by atoms with E-state index in [1.807, 2.05) is 45.2 Å². The van der Waals surface area contributed by atoms with Crippen LogP contribution in [0.15, 0.2) is 60.5 Å². The normalized spacial score (nSPS) is 12.5. The maximum absolute atomic E-state index is 11.7. The van der Waals surface area contributed by atoms with E-state index in [2.05, 4.69) is 103 Å². The summed E-state index contributed by atoms with van der Waals surface area (Å²) in [6.45, 7) is 26.8. The summed E-state index contributed by atoms with van der Waals surface area (Å²) >= 11 is 1.90. The standard InChI is InChI=1S/C32H36NSSi.C13H24O2.Ir/c1-20-9-11-26-23(15-20)16-24(17-25(26)19-35(6,7)8)29-31-28(13-14-33-29)27-12-10-22(18-32(3,4)5)21(2)30(27)34-31;1-5-10(6-2)12(14)9-13(15)11(7-3)8-4;/h9-15,17H,18-19H2,1-8H3;9-11,14H,5-8H2,1-4H3;/q-1;;/b;12-9-;. The van der Waals surface area contributed by atoms with E-state index in [0.717, 1.165) is 49.4 Å². The summed E-state index contributed by atoms with van der Waals surface area (Å²) in [5, 5.41) is 15.0. The van der Waals surface area contributed by atoms with Gasteiger partial charge in [0.1, 0.15) is 0 Å². The van der Waals surface area contributed by atoms with Gasteiger partial charge in [-0.05, 0) is 80.0 Å². The van der Waals surface area contributed by atoms with Crippen LogP contribution in [0.5, 0.6) is 0 Å². The molecule has 1 N–H and O–H groups in total. The molecule has 0 unspecified atom stereocenters. The first-order valence-corrected chi connectivity index (χ1v) is 23.2. The van der Waals surface area contributed by atoms with Gasteiger partial charge in [-0.3, -0.25) is 9.78 Å². The number of hydrogen-bond donors (Lipinski definition) is 1. The number of aliphatic hydroxyl groups excluding tert-OH is 1. The van der Waals surface area contributed by atoms with Crippen molar-refractivity contribution in [3.05, 3.63) is 88.8 Å². The first-order chi connectivity index (χ1) is 23.5. The minimum atomic E-state index is -1.30. The molecule has 0 bridgehead atoms. The first-order valence-electron chi connectivity index (χ1n) is 18.7. The Hall–Kier alpha value is -2.63. The zero-order valence-electron chi connectivity index (χ0n) is 33.1. The smallest absolute Gasteiger partial charge is 0.162 e. The van der Waals surface area contributed by atoms with Crippen molar-refractivity contribution in [3.63, 3.8) is 0 Å². The summed E-state index contributed by atoms with van der Waals surface area (Å²) in [5.74, 6) is 0.547. The maximum atomic E-state index is 11.7. The fraction of sp³-hybridized carbons (Fsp3) is 0.467. The molecule has 0 saturated carbocycles. The maximum Gasteiger partial charge on any atom is 0.162 e. The van der Waals surface area contributed by atoms with Gasteiger partial charge in [-0.15, -0.1) is 40.5 Å². The average Bonchev–Trinajstić information content (AvgIpc) is 3.42. The number of nitrogens with zero attached hydrogens (tertiary/aromatic N) is 1. The van der Waals surface area contributed by atoms with Crippen LogP contribution in [0, 0.1) is 37.2 Å². The third kappa shape index (κ3) is 10.7. The Balaban J connectivity index is 0.000000374. The minimum Gasteiger partial charge on any atom is -0.512 e. The van der Waals surface area contributed by atoms with E-state index in [1.54, 1.807) is 0 Å². The van der Waals surface area contributed by atoms with Crippen LogP contribution >= 0.6 is 11.3 Å². The molecule has 277 valence electrons. The van der Waals surface area contributed by atoms with Crippen molar-refractivity contribution in [1.82, 2.24) is 4.98 Å². The predicted octanol–water partition coefficient (Wildman–Crippen LogP) is 13.6. The molecule has 0 aliphatic rings. The molecule has 0 aliphatic carbocycles. The number of carbonyl (C=O) groups is 1. The molecule has 3 nitrogen and oxygen atoms in total. The molecule has 0 atom stereocenters. The number of ketones is 1. The van der Waals surface area contributed by atoms with Crippen LogP contribution in [0.1, 0.15) is 96.4 Å². The fourth-order valence-electron chi connectivity index (χ4n) is 7.00. The van der Waals surface area contributed by atoms with Crippen molar-refractivity contribution in [2.75, 3.05) is 0 Å². The zero-order valence-corrected chi connectivity index (χ0v) is 37.3. The van der Waals surface area contributed by atoms with Gasteiger partial charge >= 0.3 is 0 Å². The van der Waals surface area contributed by atoms with Crippen LogP contribution in [-0.2, 0) is 37.4 Å². The summed E-state index contributed by atoms with van der Waals surface area (Å²) in [6.07, 6.45) is 7.98. The second kappa shape index (κ2) is 17.9. The van der Waals surface area contributed by atoms with Crippen LogP contribution in [0.3, 0.4) is 0 Å². The van der Waals surface area contributed by atoms with Crippen molar-refractivity contribution in [1.29, 1.82) is 0 Å². The van der Waals surface area contributed by atoms with Crippen molar-refractivity contribution in [3.8, 4) is 11.3 Å². The zero-order chi connectivity index (χ0) is 37.0. The van der Waals surface area contributed by atoms with E-state index in [4.69, 9.17) is 4.98 Å². The molecule has 2 aromatic heterocycles. The van der Waals surface area contributed by atoms with Gasteiger partial charge < -0.3 is 5.11 Å². The van der Waals surface area contributed by atoms with E-state index in [9.17, 15) is 9.90 Å². The van der Waals surface area contributed by atoms with E-state index < -0.39 is 8.07 Å². The second-order valence-electron chi connectivity index (χ2n) is 16.6. The fourth-order valence-corrected chi connectivity index (χ4v) is 9.75. The Labute approximate surface area is 326 Å². The summed E-state index contributed by atoms with van der Waals surface area (Å²) < 4.78 is 2.68. The summed E-state index contributed by atoms with van der Waals surface area (Å²) in [5.41, 5.74) is 8.06. The molecule has 1 radical (unpaired) electrons. The molecule has 0 amide bonds. The molecule has 0 spiro atoms. The molecule has 0 fully saturated rings. The number of allylic oxidation sites excluding steroid dienone is 2. The molecule has 51 heavy (non-hydrogen) atoms. The van der Waals surface area contributed by atoms with Crippen LogP contribution in [0.25, 0.3) is 42.2 Å². The monoisotopic (exact) mass is 899 g/mol. The summed E-state index contributed by atoms with van der Waals surface area (Å²) in [7, 11) is -1.30. The third-order valence-electron chi connectivity index (χ3n) is 9.80. The van der Waals surface area contributed by atoms with Crippen molar-refractivity contribution in [2.24, 2.45) is 17.3 Å². The number of pyridine rings is 1.